The molecule has 1 amide bonds. The number of nitrogens with zero attached hydrogens (tertiary/aromatic N) is 3. The molecule has 20 heavy (non-hydrogen) atoms. The van der Waals surface area contributed by atoms with Gasteiger partial charge in [0.05, 0.1) is 23.8 Å². The number of nitrogens with two attached hydrogens (primary N) is 1. The number of amides is 1. The van der Waals surface area contributed by atoms with Crippen molar-refractivity contribution in [3.63, 3.8) is 0 Å². The van der Waals surface area contributed by atoms with Crippen molar-refractivity contribution in [2.45, 2.75) is 32.2 Å². The maximum absolute atomic E-state index is 12.0. The third-order valence-electron chi connectivity index (χ3n) is 2.95. The molecule has 0 aliphatic heterocycles. The van der Waals surface area contributed by atoms with Crippen LogP contribution in [-0.4, -0.2) is 26.9 Å². The van der Waals surface area contributed by atoms with Gasteiger partial charge in [0.2, 0.25) is 5.91 Å². The Hall–Kier alpha value is -2.21. The number of hydrogen-bond donors (Lipinski definition) is 2. The molecule has 0 saturated heterocycles. The number of carbonyl (C=O) groups is 1. The number of rotatable bonds is 6. The molecule has 0 spiro atoms. The molecule has 0 aliphatic rings. The fourth-order valence-electron chi connectivity index (χ4n) is 2.03. The minimum atomic E-state index is -0.0986. The fourth-order valence-corrected chi connectivity index (χ4v) is 2.03. The van der Waals surface area contributed by atoms with E-state index in [9.17, 15) is 4.79 Å². The van der Waals surface area contributed by atoms with Gasteiger partial charge in [-0.1, -0.05) is 30.7 Å². The molecule has 1 unspecified atom stereocenters. The second-order valence-electron chi connectivity index (χ2n) is 4.67. The molecule has 3 N–H and O–H groups in total. The van der Waals surface area contributed by atoms with Gasteiger partial charge in [-0.2, -0.15) is 0 Å². The van der Waals surface area contributed by atoms with Gasteiger partial charge in [-0.25, -0.2) is 4.68 Å². The van der Waals surface area contributed by atoms with Crippen LogP contribution in [0.2, 0.25) is 0 Å². The molecule has 0 bridgehead atoms. The van der Waals surface area contributed by atoms with Crippen molar-refractivity contribution >= 4 is 11.6 Å². The second kappa shape index (κ2) is 6.81. The molecule has 0 saturated carbocycles. The van der Waals surface area contributed by atoms with E-state index in [1.54, 1.807) is 17.1 Å². The zero-order chi connectivity index (χ0) is 14.4. The average Bonchev–Trinajstić information content (AvgIpc) is 2.93. The average molecular weight is 273 g/mol. The highest BCUT2D eigenvalue weighted by Gasteiger charge is 2.11. The summed E-state index contributed by atoms with van der Waals surface area (Å²) >= 11 is 0. The molecule has 1 aromatic carbocycles. The van der Waals surface area contributed by atoms with Crippen molar-refractivity contribution in [1.29, 1.82) is 0 Å². The zero-order valence-electron chi connectivity index (χ0n) is 11.5. The Morgan fingerprint density at radius 3 is 2.95 bits per heavy atom. The van der Waals surface area contributed by atoms with Crippen molar-refractivity contribution in [3.05, 3.63) is 36.7 Å². The Bertz CT molecular complexity index is 552. The Labute approximate surface area is 118 Å². The summed E-state index contributed by atoms with van der Waals surface area (Å²) in [5.41, 5.74) is 7.36. The standard InChI is InChI=1S/C14H19N5O/c1-2-5-11(15)10-14(20)17-12-6-3-4-7-13(12)19-9-8-16-18-19/h3-4,6-9,11H,2,5,10,15H2,1H3,(H,17,20). The third-order valence-corrected chi connectivity index (χ3v) is 2.95. The molecule has 0 radical (unpaired) electrons. The van der Waals surface area contributed by atoms with Crippen molar-refractivity contribution < 1.29 is 4.79 Å². The summed E-state index contributed by atoms with van der Waals surface area (Å²) in [6.07, 6.45) is 5.46. The maximum atomic E-state index is 12.0. The lowest BCUT2D eigenvalue weighted by molar-refractivity contribution is -0.116. The van der Waals surface area contributed by atoms with Gasteiger partial charge in [-0.05, 0) is 18.6 Å². The lowest BCUT2D eigenvalue weighted by Crippen LogP contribution is -2.27. The highest BCUT2D eigenvalue weighted by atomic mass is 16.1. The van der Waals surface area contributed by atoms with Gasteiger partial charge in [0, 0.05) is 12.5 Å². The molecule has 2 aromatic rings. The molecule has 1 atom stereocenters. The highest BCUT2D eigenvalue weighted by Crippen LogP contribution is 2.19. The molecule has 0 fully saturated rings. The molecule has 106 valence electrons. The van der Waals surface area contributed by atoms with Crippen LogP contribution in [-0.2, 0) is 4.79 Å². The topological polar surface area (TPSA) is 85.8 Å². The van der Waals surface area contributed by atoms with E-state index in [-0.39, 0.29) is 11.9 Å². The van der Waals surface area contributed by atoms with Gasteiger partial charge < -0.3 is 11.1 Å². The van der Waals surface area contributed by atoms with Gasteiger partial charge in [-0.3, -0.25) is 4.79 Å². The van der Waals surface area contributed by atoms with E-state index < -0.39 is 0 Å². The summed E-state index contributed by atoms with van der Waals surface area (Å²) in [6.45, 7) is 2.05. The van der Waals surface area contributed by atoms with E-state index in [1.807, 2.05) is 24.3 Å². The molecule has 0 aliphatic carbocycles. The van der Waals surface area contributed by atoms with Crippen LogP contribution in [0.3, 0.4) is 0 Å². The van der Waals surface area contributed by atoms with Crippen LogP contribution in [0.1, 0.15) is 26.2 Å². The number of anilines is 1. The molecular formula is C14H19N5O. The minimum absolute atomic E-state index is 0.0847. The molecule has 1 aromatic heterocycles. The maximum Gasteiger partial charge on any atom is 0.225 e. The largest absolute Gasteiger partial charge is 0.327 e. The molecule has 6 nitrogen and oxygen atoms in total. The first kappa shape index (κ1) is 14.2. The first-order chi connectivity index (χ1) is 9.70. The van der Waals surface area contributed by atoms with E-state index >= 15 is 0 Å². The quantitative estimate of drug-likeness (QED) is 0.839. The summed E-state index contributed by atoms with van der Waals surface area (Å²) in [6, 6.07) is 7.35. The predicted molar refractivity (Wildman–Crippen MR) is 77.5 cm³/mol. The summed E-state index contributed by atoms with van der Waals surface area (Å²) in [5.74, 6) is -0.0847. The monoisotopic (exact) mass is 273 g/mol. The number of nitrogens with one attached hydrogen (secondary N) is 1. The van der Waals surface area contributed by atoms with Crippen LogP contribution in [0.4, 0.5) is 5.69 Å². The molecule has 6 heteroatoms. The Balaban J connectivity index is 2.08. The molecular weight excluding hydrogens is 254 g/mol. The second-order valence-corrected chi connectivity index (χ2v) is 4.67. The Kier molecular flexibility index (Phi) is 4.84. The van der Waals surface area contributed by atoms with Crippen LogP contribution in [0.25, 0.3) is 5.69 Å². The SMILES string of the molecule is CCCC(N)CC(=O)Nc1ccccc1-n1ccnn1. The van der Waals surface area contributed by atoms with Gasteiger partial charge in [0.15, 0.2) is 0 Å². The highest BCUT2D eigenvalue weighted by molar-refractivity contribution is 5.93. The van der Waals surface area contributed by atoms with Crippen LogP contribution in [0, 0.1) is 0 Å². The Morgan fingerprint density at radius 2 is 2.25 bits per heavy atom. The number of aromatic nitrogens is 3. The number of para-hydroxylation sites is 2. The van der Waals surface area contributed by atoms with E-state index in [0.717, 1.165) is 18.5 Å². The summed E-state index contributed by atoms with van der Waals surface area (Å²) < 4.78 is 1.61. The summed E-state index contributed by atoms with van der Waals surface area (Å²) in [5, 5.41) is 10.6. The van der Waals surface area contributed by atoms with Crippen molar-refractivity contribution in [1.82, 2.24) is 15.0 Å². The van der Waals surface area contributed by atoms with Crippen molar-refractivity contribution in [2.24, 2.45) is 5.73 Å². The lowest BCUT2D eigenvalue weighted by atomic mass is 10.1. The van der Waals surface area contributed by atoms with E-state index in [2.05, 4.69) is 22.6 Å². The number of benzene rings is 1. The fraction of sp³-hybridized carbons (Fsp3) is 0.357. The van der Waals surface area contributed by atoms with Gasteiger partial charge in [-0.15, -0.1) is 5.10 Å². The predicted octanol–water partition coefficient (Wildman–Crippen LogP) is 1.72. The first-order valence-corrected chi connectivity index (χ1v) is 6.72. The number of hydrogen-bond acceptors (Lipinski definition) is 4. The smallest absolute Gasteiger partial charge is 0.225 e. The van der Waals surface area contributed by atoms with E-state index in [1.165, 1.54) is 0 Å². The Morgan fingerprint density at radius 1 is 1.45 bits per heavy atom. The van der Waals surface area contributed by atoms with Crippen LogP contribution in [0.15, 0.2) is 36.7 Å². The van der Waals surface area contributed by atoms with Gasteiger partial charge >= 0.3 is 0 Å². The van der Waals surface area contributed by atoms with Gasteiger partial charge in [0.25, 0.3) is 0 Å². The van der Waals surface area contributed by atoms with Crippen LogP contribution >= 0.6 is 0 Å². The third kappa shape index (κ3) is 3.64. The van der Waals surface area contributed by atoms with Gasteiger partial charge in [0.1, 0.15) is 0 Å². The number of carbonyl (C=O) groups excluding carboxylic acids is 1. The summed E-state index contributed by atoms with van der Waals surface area (Å²) in [7, 11) is 0. The van der Waals surface area contributed by atoms with E-state index in [0.29, 0.717) is 12.1 Å². The zero-order valence-corrected chi connectivity index (χ0v) is 11.5. The first-order valence-electron chi connectivity index (χ1n) is 6.72. The minimum Gasteiger partial charge on any atom is -0.327 e. The molecule has 2 rings (SSSR count). The molecule has 1 heterocycles. The van der Waals surface area contributed by atoms with Crippen LogP contribution in [0.5, 0.6) is 0 Å². The summed E-state index contributed by atoms with van der Waals surface area (Å²) in [4.78, 5) is 12.0. The van der Waals surface area contributed by atoms with E-state index in [4.69, 9.17) is 5.73 Å². The van der Waals surface area contributed by atoms with Crippen molar-refractivity contribution in [2.75, 3.05) is 5.32 Å². The van der Waals surface area contributed by atoms with Crippen LogP contribution < -0.4 is 11.1 Å². The normalized spacial score (nSPS) is 12.1. The van der Waals surface area contributed by atoms with Crippen molar-refractivity contribution in [3.8, 4) is 5.69 Å². The lowest BCUT2D eigenvalue weighted by Gasteiger charge is -2.13.